The van der Waals surface area contributed by atoms with Crippen LogP contribution in [0, 0.1) is 0 Å². The minimum absolute atomic E-state index is 0.0461. The molecule has 2 aromatic heterocycles. The highest BCUT2D eigenvalue weighted by Gasteiger charge is 2.15. The number of carbonyl (C=O) groups is 1. The molecule has 1 fully saturated rings. The average molecular weight is 408 g/mol. The van der Waals surface area contributed by atoms with E-state index in [4.69, 9.17) is 0 Å². The Hall–Kier alpha value is -3.09. The molecule has 7 nitrogen and oxygen atoms in total. The zero-order valence-electron chi connectivity index (χ0n) is 17.5. The molecule has 0 unspecified atom stereocenters. The lowest BCUT2D eigenvalue weighted by Gasteiger charge is -2.17. The highest BCUT2D eigenvalue weighted by molar-refractivity contribution is 5.78. The van der Waals surface area contributed by atoms with E-state index in [1.165, 1.54) is 12.8 Å². The van der Waals surface area contributed by atoms with Crippen molar-refractivity contribution >= 4 is 22.8 Å². The van der Waals surface area contributed by atoms with Crippen LogP contribution in [-0.2, 0) is 24.4 Å². The first-order valence-electron chi connectivity index (χ1n) is 10.8. The van der Waals surface area contributed by atoms with Gasteiger partial charge >= 0.3 is 5.69 Å². The zero-order chi connectivity index (χ0) is 20.9. The molecule has 3 heterocycles. The van der Waals surface area contributed by atoms with Gasteiger partial charge in [0, 0.05) is 45.3 Å². The van der Waals surface area contributed by atoms with Crippen LogP contribution in [0.3, 0.4) is 0 Å². The second-order valence-electron chi connectivity index (χ2n) is 7.82. The Bertz CT molecular complexity index is 1080. The number of aryl methyl sites for hydroxylation is 2. The van der Waals surface area contributed by atoms with Crippen molar-refractivity contribution in [2.24, 2.45) is 0 Å². The van der Waals surface area contributed by atoms with Crippen LogP contribution in [-0.4, -0.2) is 33.1 Å². The summed E-state index contributed by atoms with van der Waals surface area (Å²) in [5.74, 6) is 0.920. The van der Waals surface area contributed by atoms with Crippen molar-refractivity contribution < 1.29 is 4.79 Å². The first-order valence-corrected chi connectivity index (χ1v) is 10.8. The predicted molar refractivity (Wildman–Crippen MR) is 119 cm³/mol. The first-order chi connectivity index (χ1) is 14.7. The Labute approximate surface area is 176 Å². The standard InChI is InChI=1S/C23H29N5O2/c1-2-12-27-19-7-3-4-8-20(19)28(23(27)30)15-10-22(29)25-17-18-9-11-24-21(16-18)26-13-5-6-14-26/h3-4,7-9,11,16H,2,5-6,10,12-15,17H2,1H3,(H,25,29). The maximum Gasteiger partial charge on any atom is 0.329 e. The summed E-state index contributed by atoms with van der Waals surface area (Å²) < 4.78 is 3.51. The van der Waals surface area contributed by atoms with Crippen LogP contribution in [0.2, 0.25) is 0 Å². The summed E-state index contributed by atoms with van der Waals surface area (Å²) in [4.78, 5) is 32.0. The van der Waals surface area contributed by atoms with Gasteiger partial charge in [-0.15, -0.1) is 0 Å². The van der Waals surface area contributed by atoms with Crippen molar-refractivity contribution in [3.8, 4) is 0 Å². The number of hydrogen-bond acceptors (Lipinski definition) is 4. The molecule has 30 heavy (non-hydrogen) atoms. The molecular weight excluding hydrogens is 378 g/mol. The van der Waals surface area contributed by atoms with Gasteiger partial charge < -0.3 is 10.2 Å². The minimum Gasteiger partial charge on any atom is -0.357 e. The number of fused-ring (bicyclic) bond motifs is 1. The predicted octanol–water partition coefficient (Wildman–Crippen LogP) is 2.91. The Balaban J connectivity index is 1.38. The number of anilines is 1. The molecule has 0 aliphatic carbocycles. The number of pyridine rings is 1. The molecule has 1 amide bonds. The lowest BCUT2D eigenvalue weighted by molar-refractivity contribution is -0.121. The van der Waals surface area contributed by atoms with Crippen LogP contribution in [0.25, 0.3) is 11.0 Å². The van der Waals surface area contributed by atoms with Gasteiger partial charge in [0.25, 0.3) is 0 Å². The molecule has 0 radical (unpaired) electrons. The lowest BCUT2D eigenvalue weighted by atomic mass is 10.2. The Kier molecular flexibility index (Phi) is 6.16. The van der Waals surface area contributed by atoms with E-state index in [-0.39, 0.29) is 18.0 Å². The summed E-state index contributed by atoms with van der Waals surface area (Å²) in [7, 11) is 0. The second-order valence-corrected chi connectivity index (χ2v) is 7.82. The van der Waals surface area contributed by atoms with E-state index in [9.17, 15) is 9.59 Å². The van der Waals surface area contributed by atoms with Crippen molar-refractivity contribution in [3.63, 3.8) is 0 Å². The number of aromatic nitrogens is 3. The minimum atomic E-state index is -0.0613. The van der Waals surface area contributed by atoms with Gasteiger partial charge in [0.15, 0.2) is 0 Å². The molecule has 1 saturated heterocycles. The fourth-order valence-electron chi connectivity index (χ4n) is 4.12. The summed E-state index contributed by atoms with van der Waals surface area (Å²) in [6.07, 6.45) is 5.37. The maximum atomic E-state index is 12.8. The molecule has 0 saturated carbocycles. The summed E-state index contributed by atoms with van der Waals surface area (Å²) in [5.41, 5.74) is 2.80. The smallest absolute Gasteiger partial charge is 0.329 e. The Morgan fingerprint density at radius 3 is 2.47 bits per heavy atom. The quantitative estimate of drug-likeness (QED) is 0.623. The molecule has 0 atom stereocenters. The fraction of sp³-hybridized carbons (Fsp3) is 0.435. The summed E-state index contributed by atoms with van der Waals surface area (Å²) in [6.45, 7) is 5.67. The van der Waals surface area contributed by atoms with Gasteiger partial charge in [-0.2, -0.15) is 0 Å². The van der Waals surface area contributed by atoms with Crippen LogP contribution in [0.4, 0.5) is 5.82 Å². The molecule has 1 N–H and O–H groups in total. The average Bonchev–Trinajstić information content (AvgIpc) is 3.39. The van der Waals surface area contributed by atoms with Gasteiger partial charge in [-0.25, -0.2) is 9.78 Å². The number of imidazole rings is 1. The van der Waals surface area contributed by atoms with Crippen LogP contribution < -0.4 is 15.9 Å². The van der Waals surface area contributed by atoms with Crippen molar-refractivity contribution in [1.29, 1.82) is 0 Å². The van der Waals surface area contributed by atoms with Crippen molar-refractivity contribution in [1.82, 2.24) is 19.4 Å². The van der Waals surface area contributed by atoms with Crippen LogP contribution in [0.15, 0.2) is 47.4 Å². The molecule has 3 aromatic rings. The van der Waals surface area contributed by atoms with Gasteiger partial charge in [0.1, 0.15) is 5.82 Å². The molecular formula is C23H29N5O2. The van der Waals surface area contributed by atoms with Gasteiger partial charge in [-0.3, -0.25) is 13.9 Å². The van der Waals surface area contributed by atoms with Gasteiger partial charge in [0.05, 0.1) is 11.0 Å². The van der Waals surface area contributed by atoms with Crippen LogP contribution in [0.1, 0.15) is 38.2 Å². The van der Waals surface area contributed by atoms with E-state index >= 15 is 0 Å². The number of carbonyl (C=O) groups excluding carboxylic acids is 1. The van der Waals surface area contributed by atoms with Crippen LogP contribution in [0.5, 0.6) is 0 Å². The summed E-state index contributed by atoms with van der Waals surface area (Å²) in [5, 5.41) is 2.98. The first kappa shape index (κ1) is 20.2. The monoisotopic (exact) mass is 407 g/mol. The molecule has 1 aromatic carbocycles. The Morgan fingerprint density at radius 2 is 1.77 bits per heavy atom. The van der Waals surface area contributed by atoms with Crippen molar-refractivity contribution in [2.45, 2.75) is 52.2 Å². The molecule has 0 spiro atoms. The number of rotatable bonds is 8. The third kappa shape index (κ3) is 4.25. The van der Waals surface area contributed by atoms with E-state index in [0.29, 0.717) is 19.6 Å². The number of nitrogens with one attached hydrogen (secondary N) is 1. The van der Waals surface area contributed by atoms with Crippen LogP contribution >= 0.6 is 0 Å². The van der Waals surface area contributed by atoms with Gasteiger partial charge in [0.2, 0.25) is 5.91 Å². The van der Waals surface area contributed by atoms with Gasteiger partial charge in [-0.1, -0.05) is 19.1 Å². The zero-order valence-corrected chi connectivity index (χ0v) is 17.5. The Morgan fingerprint density at radius 1 is 1.07 bits per heavy atom. The van der Waals surface area contributed by atoms with E-state index < -0.39 is 0 Å². The normalized spacial score (nSPS) is 13.8. The summed E-state index contributed by atoms with van der Waals surface area (Å²) in [6, 6.07) is 11.8. The topological polar surface area (TPSA) is 72.2 Å². The summed E-state index contributed by atoms with van der Waals surface area (Å²) >= 11 is 0. The highest BCUT2D eigenvalue weighted by Crippen LogP contribution is 2.18. The van der Waals surface area contributed by atoms with Crippen molar-refractivity contribution in [3.05, 3.63) is 58.6 Å². The third-order valence-corrected chi connectivity index (χ3v) is 5.66. The molecule has 1 aliphatic rings. The van der Waals surface area contributed by atoms with E-state index in [1.807, 2.05) is 30.3 Å². The van der Waals surface area contributed by atoms with E-state index in [1.54, 1.807) is 15.3 Å². The lowest BCUT2D eigenvalue weighted by Crippen LogP contribution is -2.28. The highest BCUT2D eigenvalue weighted by atomic mass is 16.2. The molecule has 4 rings (SSSR count). The van der Waals surface area contributed by atoms with E-state index in [2.05, 4.69) is 28.2 Å². The molecule has 0 bridgehead atoms. The second kappa shape index (κ2) is 9.15. The number of amides is 1. The van der Waals surface area contributed by atoms with Crippen molar-refractivity contribution in [2.75, 3.05) is 18.0 Å². The number of nitrogens with zero attached hydrogens (tertiary/aromatic N) is 4. The number of hydrogen-bond donors (Lipinski definition) is 1. The molecule has 1 aliphatic heterocycles. The van der Waals surface area contributed by atoms with E-state index in [0.717, 1.165) is 41.9 Å². The third-order valence-electron chi connectivity index (χ3n) is 5.66. The number of benzene rings is 1. The molecule has 158 valence electrons. The van der Waals surface area contributed by atoms with Gasteiger partial charge in [-0.05, 0) is 49.1 Å². The SMILES string of the molecule is CCCn1c(=O)n(CCC(=O)NCc2ccnc(N3CCCC3)c2)c2ccccc21. The largest absolute Gasteiger partial charge is 0.357 e. The maximum absolute atomic E-state index is 12.8. The number of para-hydroxylation sites is 2. The molecule has 7 heteroatoms. The fourth-order valence-corrected chi connectivity index (χ4v) is 4.12.